The molecule has 0 aliphatic carbocycles. The number of aryl methyl sites for hydroxylation is 1. The van der Waals surface area contributed by atoms with E-state index in [2.05, 4.69) is 4.98 Å². The van der Waals surface area contributed by atoms with Gasteiger partial charge in [-0.15, -0.1) is 0 Å². The van der Waals surface area contributed by atoms with Gasteiger partial charge in [0, 0.05) is 19.5 Å². The Kier molecular flexibility index (Phi) is 2.64. The molecule has 0 spiro atoms. The van der Waals surface area contributed by atoms with Crippen LogP contribution < -0.4 is 5.56 Å². The Balaban J connectivity index is 2.60. The van der Waals surface area contributed by atoms with Gasteiger partial charge in [0.1, 0.15) is 6.23 Å². The first kappa shape index (κ1) is 11.9. The van der Waals surface area contributed by atoms with E-state index in [0.717, 1.165) is 16.4 Å². The predicted octanol–water partition coefficient (Wildman–Crippen LogP) is 2.05. The van der Waals surface area contributed by atoms with Crippen LogP contribution >= 0.6 is 0 Å². The molecular formula is C14H15N3O2. The zero-order chi connectivity index (χ0) is 13.6. The van der Waals surface area contributed by atoms with E-state index in [9.17, 15) is 4.79 Å². The molecule has 3 rings (SSSR count). The number of nitrogens with zero attached hydrogens (tertiary/aromatic N) is 3. The maximum Gasteiger partial charge on any atom is 0.281 e. The van der Waals surface area contributed by atoms with E-state index in [1.54, 1.807) is 18.0 Å². The second-order valence-corrected chi connectivity index (χ2v) is 4.58. The second kappa shape index (κ2) is 4.20. The van der Waals surface area contributed by atoms with Crippen LogP contribution in [0.4, 0.5) is 0 Å². The van der Waals surface area contributed by atoms with E-state index < -0.39 is 0 Å². The molecule has 0 bridgehead atoms. The lowest BCUT2D eigenvalue weighted by molar-refractivity contribution is 0.0617. The van der Waals surface area contributed by atoms with Gasteiger partial charge in [-0.1, -0.05) is 18.2 Å². The molecule has 0 aliphatic heterocycles. The summed E-state index contributed by atoms with van der Waals surface area (Å²) < 4.78 is 8.83. The highest BCUT2D eigenvalue weighted by atomic mass is 16.5. The second-order valence-electron chi connectivity index (χ2n) is 4.58. The first-order valence-electron chi connectivity index (χ1n) is 6.12. The molecule has 0 saturated carbocycles. The van der Waals surface area contributed by atoms with E-state index in [1.807, 2.05) is 42.8 Å². The van der Waals surface area contributed by atoms with Gasteiger partial charge in [-0.25, -0.2) is 4.98 Å². The van der Waals surface area contributed by atoms with Crippen molar-refractivity contribution >= 4 is 21.9 Å². The molecule has 3 aromatic rings. The summed E-state index contributed by atoms with van der Waals surface area (Å²) in [5.41, 5.74) is 2.08. The molecule has 1 unspecified atom stereocenters. The van der Waals surface area contributed by atoms with Gasteiger partial charge in [0.25, 0.3) is 5.56 Å². The topological polar surface area (TPSA) is 49.1 Å². The maximum atomic E-state index is 12.6. The molecule has 0 radical (unpaired) electrons. The number of para-hydroxylation sites is 1. The van der Waals surface area contributed by atoms with Gasteiger partial charge in [-0.05, 0) is 13.0 Å². The number of fused-ring (bicyclic) bond motifs is 3. The maximum absolute atomic E-state index is 12.6. The van der Waals surface area contributed by atoms with Crippen molar-refractivity contribution in [1.82, 2.24) is 14.1 Å². The van der Waals surface area contributed by atoms with Crippen LogP contribution in [0, 0.1) is 0 Å². The van der Waals surface area contributed by atoms with Crippen LogP contribution in [0.3, 0.4) is 0 Å². The lowest BCUT2D eigenvalue weighted by Crippen LogP contribution is -2.25. The minimum absolute atomic E-state index is 0.122. The third-order valence-corrected chi connectivity index (χ3v) is 3.48. The summed E-state index contributed by atoms with van der Waals surface area (Å²) in [5, 5.41) is 1.00. The quantitative estimate of drug-likeness (QED) is 0.706. The molecule has 0 fully saturated rings. The summed E-state index contributed by atoms with van der Waals surface area (Å²) >= 11 is 0. The Morgan fingerprint density at radius 1 is 1.32 bits per heavy atom. The summed E-state index contributed by atoms with van der Waals surface area (Å²) in [6, 6.07) is 7.81. The van der Waals surface area contributed by atoms with Crippen molar-refractivity contribution in [2.75, 3.05) is 7.11 Å². The zero-order valence-electron chi connectivity index (χ0n) is 11.1. The Labute approximate surface area is 110 Å². The Hall–Kier alpha value is -2.14. The molecule has 98 valence electrons. The summed E-state index contributed by atoms with van der Waals surface area (Å²) in [7, 11) is 3.49. The van der Waals surface area contributed by atoms with Crippen LogP contribution in [0.25, 0.3) is 21.9 Å². The number of rotatable bonds is 2. The minimum atomic E-state index is -0.330. The van der Waals surface area contributed by atoms with Gasteiger partial charge in [0.2, 0.25) is 0 Å². The van der Waals surface area contributed by atoms with Crippen molar-refractivity contribution < 1.29 is 4.74 Å². The molecule has 2 aromatic heterocycles. The van der Waals surface area contributed by atoms with Crippen LogP contribution in [0.15, 0.2) is 35.4 Å². The molecule has 5 heteroatoms. The van der Waals surface area contributed by atoms with Crippen LogP contribution in [0.1, 0.15) is 13.2 Å². The predicted molar refractivity (Wildman–Crippen MR) is 74.2 cm³/mol. The molecule has 0 amide bonds. The number of aromatic nitrogens is 3. The van der Waals surface area contributed by atoms with Crippen LogP contribution in [0.5, 0.6) is 0 Å². The van der Waals surface area contributed by atoms with Crippen LogP contribution in [-0.4, -0.2) is 21.2 Å². The number of pyridine rings is 1. The van der Waals surface area contributed by atoms with Crippen molar-refractivity contribution in [2.45, 2.75) is 13.2 Å². The molecule has 0 saturated heterocycles. The average molecular weight is 257 g/mol. The van der Waals surface area contributed by atoms with E-state index in [1.165, 1.54) is 0 Å². The summed E-state index contributed by atoms with van der Waals surface area (Å²) in [6.07, 6.45) is 1.34. The number of hydrogen-bond acceptors (Lipinski definition) is 3. The lowest BCUT2D eigenvalue weighted by atomic mass is 10.2. The van der Waals surface area contributed by atoms with Gasteiger partial charge < -0.3 is 9.30 Å². The summed E-state index contributed by atoms with van der Waals surface area (Å²) in [6.45, 7) is 1.85. The number of benzene rings is 1. The fourth-order valence-corrected chi connectivity index (χ4v) is 2.48. The Morgan fingerprint density at radius 3 is 2.79 bits per heavy atom. The van der Waals surface area contributed by atoms with Gasteiger partial charge in [-0.3, -0.25) is 9.36 Å². The van der Waals surface area contributed by atoms with Gasteiger partial charge in [-0.2, -0.15) is 0 Å². The van der Waals surface area contributed by atoms with Gasteiger partial charge in [0.15, 0.2) is 5.52 Å². The molecular weight excluding hydrogens is 242 g/mol. The van der Waals surface area contributed by atoms with E-state index in [-0.39, 0.29) is 11.8 Å². The molecule has 1 atom stereocenters. The smallest absolute Gasteiger partial charge is 0.281 e. The van der Waals surface area contributed by atoms with E-state index in [4.69, 9.17) is 4.74 Å². The summed E-state index contributed by atoms with van der Waals surface area (Å²) in [4.78, 5) is 16.8. The van der Waals surface area contributed by atoms with Crippen molar-refractivity contribution in [3.63, 3.8) is 0 Å². The Morgan fingerprint density at radius 2 is 2.05 bits per heavy atom. The highest BCUT2D eigenvalue weighted by Gasteiger charge is 2.17. The molecule has 19 heavy (non-hydrogen) atoms. The lowest BCUT2D eigenvalue weighted by Gasteiger charge is -2.17. The monoisotopic (exact) mass is 257 g/mol. The fourth-order valence-electron chi connectivity index (χ4n) is 2.48. The summed E-state index contributed by atoms with van der Waals surface area (Å²) in [5.74, 6) is 0. The van der Waals surface area contributed by atoms with Crippen molar-refractivity contribution in [3.05, 3.63) is 40.9 Å². The van der Waals surface area contributed by atoms with Crippen molar-refractivity contribution in [2.24, 2.45) is 7.05 Å². The number of ether oxygens (including phenoxy) is 1. The first-order valence-corrected chi connectivity index (χ1v) is 6.12. The van der Waals surface area contributed by atoms with Gasteiger partial charge in [0.05, 0.1) is 17.4 Å². The fraction of sp³-hybridized carbons (Fsp3) is 0.286. The van der Waals surface area contributed by atoms with Crippen molar-refractivity contribution in [3.8, 4) is 0 Å². The SMILES string of the molecule is COC(C)n1c(=O)c2ncn(C)c2c2ccccc21. The molecule has 0 aliphatic rings. The van der Waals surface area contributed by atoms with Crippen LogP contribution in [-0.2, 0) is 11.8 Å². The largest absolute Gasteiger partial charge is 0.361 e. The number of imidazole rings is 1. The number of methoxy groups -OCH3 is 1. The highest BCUT2D eigenvalue weighted by molar-refractivity contribution is 6.02. The number of hydrogen-bond donors (Lipinski definition) is 0. The van der Waals surface area contributed by atoms with Gasteiger partial charge >= 0.3 is 0 Å². The third-order valence-electron chi connectivity index (χ3n) is 3.48. The minimum Gasteiger partial charge on any atom is -0.361 e. The molecule has 2 heterocycles. The van der Waals surface area contributed by atoms with Crippen LogP contribution in [0.2, 0.25) is 0 Å². The molecule has 0 N–H and O–H groups in total. The normalized spacial score (nSPS) is 13.2. The Bertz CT molecular complexity index is 817. The first-order chi connectivity index (χ1) is 9.15. The van der Waals surface area contributed by atoms with E-state index in [0.29, 0.717) is 5.52 Å². The highest BCUT2D eigenvalue weighted by Crippen LogP contribution is 2.23. The van der Waals surface area contributed by atoms with Crippen molar-refractivity contribution in [1.29, 1.82) is 0 Å². The zero-order valence-corrected chi connectivity index (χ0v) is 11.1. The third kappa shape index (κ3) is 1.58. The molecule has 1 aromatic carbocycles. The molecule has 5 nitrogen and oxygen atoms in total. The standard InChI is InChI=1S/C14H15N3O2/c1-9(19-3)17-11-7-5-4-6-10(11)13-12(14(17)18)15-8-16(13)2/h4-9H,1-3H3. The average Bonchev–Trinajstić information content (AvgIpc) is 2.81. The van der Waals surface area contributed by atoms with E-state index >= 15 is 0 Å².